The number of H-pyrrole nitrogens is 4. The van der Waals surface area contributed by atoms with Crippen LogP contribution in [0.15, 0.2) is 61.3 Å². The van der Waals surface area contributed by atoms with Gasteiger partial charge in [-0.2, -0.15) is 49.2 Å². The predicted molar refractivity (Wildman–Crippen MR) is 526 cm³/mol. The molecule has 24 N–H and O–H groups in total. The van der Waals surface area contributed by atoms with Crippen LogP contribution in [0.25, 0.3) is 0 Å². The number of nitriles is 2. The van der Waals surface area contributed by atoms with Gasteiger partial charge < -0.3 is 105 Å². The number of nitrogens with zero attached hydrogens (tertiary/aromatic N) is 8. The van der Waals surface area contributed by atoms with E-state index >= 15 is 0 Å². The Morgan fingerprint density at radius 1 is 0.387 bits per heavy atom. The first-order chi connectivity index (χ1) is 71.4. The van der Waals surface area contributed by atoms with Gasteiger partial charge in [0, 0.05) is 87.1 Å². The first kappa shape index (κ1) is 119. The van der Waals surface area contributed by atoms with E-state index in [2.05, 4.69) is 131 Å². The van der Waals surface area contributed by atoms with Crippen LogP contribution in [0.2, 0.25) is 0 Å². The number of halogens is 1. The molecule has 0 aromatic carbocycles. The van der Waals surface area contributed by atoms with E-state index in [1.165, 1.54) is 63.3 Å². The number of nitrogens with two attached hydrogens (primary N) is 2. The molecular weight excluding hydrogens is 2000 g/mol. The molecule has 15 atom stereocenters. The first-order valence-electron chi connectivity index (χ1n) is 49.9. The van der Waals surface area contributed by atoms with Gasteiger partial charge in [0.2, 0.25) is 65.0 Å². The van der Waals surface area contributed by atoms with Crippen LogP contribution in [-0.4, -0.2) is 291 Å². The number of esters is 2. The largest absolute Gasteiger partial charge is 0.477 e. The van der Waals surface area contributed by atoms with E-state index in [1.807, 2.05) is 6.07 Å². The number of hydrogen-bond donors (Lipinski definition) is 22. The number of hydrogen-bond acceptors (Lipinski definition) is 32. The third-order valence-corrected chi connectivity index (χ3v) is 27.6. The van der Waals surface area contributed by atoms with Gasteiger partial charge in [0.1, 0.15) is 82.8 Å². The number of carboxylic acid groups (broad SMARTS) is 1. The minimum Gasteiger partial charge on any atom is -0.477 e. The second-order valence-electron chi connectivity index (χ2n) is 38.3. The summed E-state index contributed by atoms with van der Waals surface area (Å²) in [5, 5.41) is 93.0. The standard InChI is InChI=1S/C20H27N7O7S.C19H27N5O5.C18H26N6O4.C18H24N6O3.C15H25N3O4.C4H4N2O2.ClH/c1-34-20(31)26-35(32,33)27-16(6-8-23-27)19(30)25-15(9-12-4-5-12)18(29)24-14(11-21)10-13-3-2-7-22-17(13)28;1-29-19(28)15(10-12-3-2-7-20-16(12)25)23-18(27)14(9-11-4-5-11)22-17(26)13-6-8-21-24-13;19-15(25)13(9-11-2-1-6-20-16(11)26)22-18(28)14(8-10-3-4-10)23-17(27)12-5-7-21-24-12;19-10-13(9-12-2-1-6-20-16(12)25)22-18(27)15(8-11-3-4-11)23-17(26)14-5-7-21-24-14;1-22-15(21)12(8-10-3-2-6-17-13(10)19)18-14(20)11(16)7-9-4-5-9;7-4(8)3-1-2-5-6-3;/h6,8,12-15H,2-5,7,9-10H2,1H3,(H,22,28)(H,24,29)(H,25,30)(H,26,31);6,8,11-12,14-15H,2-5,7,9-10H2,1H3,(H,20,25)(H,21,24)(H,22,26)(H,23,27);5,7,10-11,13-14H,1-4,6,8-9H2,(H2,19,25)(H,20,26)(H,21,24)(H,22,28)(H,23,27);5,7,11-13,15H,1-4,6,8-9H2,(H,20,25)(H,21,24)(H,22,27)(H,23,26);9-12H,2-8,16H2,1H3,(H,17,19)(H,18,20);1-2H,(H,5,6)(H,7,8);1H/t13-,14-,15-;12-,14-,15-;11-,13-,14-;12-,13-,15-;10-,11-,12-;;/m00000../s1. The Morgan fingerprint density at radius 3 is 0.960 bits per heavy atom. The van der Waals surface area contributed by atoms with E-state index in [0.717, 1.165) is 116 Å². The van der Waals surface area contributed by atoms with Crippen LogP contribution in [-0.2, 0) is 86.7 Å². The molecule has 5 aliphatic carbocycles. The van der Waals surface area contributed by atoms with Gasteiger partial charge in [0.05, 0.1) is 45.7 Å². The van der Waals surface area contributed by atoms with Gasteiger partial charge in [-0.1, -0.05) is 64.2 Å². The number of rotatable bonds is 44. The normalized spacial score (nSPS) is 20.4. The zero-order chi connectivity index (χ0) is 108. The van der Waals surface area contributed by atoms with Gasteiger partial charge in [-0.05, 0) is 188 Å². The van der Waals surface area contributed by atoms with Crippen molar-refractivity contribution in [3.8, 4) is 12.1 Å². The molecule has 15 rings (SSSR count). The molecule has 5 aromatic rings. The highest BCUT2D eigenvalue weighted by Crippen LogP contribution is 2.38. The molecule has 0 spiro atoms. The number of aromatic nitrogens is 10. The highest BCUT2D eigenvalue weighted by molar-refractivity contribution is 7.88. The van der Waals surface area contributed by atoms with E-state index in [4.69, 9.17) is 26.0 Å². The highest BCUT2D eigenvalue weighted by atomic mass is 35.5. The van der Waals surface area contributed by atoms with Crippen molar-refractivity contribution >= 4 is 135 Å². The lowest BCUT2D eigenvalue weighted by Crippen LogP contribution is -2.54. The van der Waals surface area contributed by atoms with Gasteiger partial charge in [-0.25, -0.2) is 19.2 Å². The zero-order valence-corrected chi connectivity index (χ0v) is 85.0. The second-order valence-corrected chi connectivity index (χ2v) is 39.8. The van der Waals surface area contributed by atoms with Crippen LogP contribution < -0.4 is 90.6 Å². The average Bonchev–Trinajstić information content (AvgIpc) is 1.65. The lowest BCUT2D eigenvalue weighted by Gasteiger charge is -2.27. The lowest BCUT2D eigenvalue weighted by molar-refractivity contribution is -0.146. The highest BCUT2D eigenvalue weighted by Gasteiger charge is 2.42. The minimum atomic E-state index is -4.58. The molecule has 56 heteroatoms. The number of carbonyl (C=O) groups is 19. The molecule has 0 bridgehead atoms. The summed E-state index contributed by atoms with van der Waals surface area (Å²) in [7, 11) is -1.10. The molecular formula is C94H134ClN29O25S. The van der Waals surface area contributed by atoms with Crippen molar-refractivity contribution in [2.45, 2.75) is 253 Å². The summed E-state index contributed by atoms with van der Waals surface area (Å²) in [6, 6.07) is 2.71. The van der Waals surface area contributed by atoms with Crippen LogP contribution >= 0.6 is 12.4 Å². The Balaban J connectivity index is 0.000000205. The van der Waals surface area contributed by atoms with Crippen molar-refractivity contribution < 1.29 is 119 Å². The Hall–Kier alpha value is -15.0. The fourth-order valence-electron chi connectivity index (χ4n) is 17.1. The fraction of sp³-hybridized carbons (Fsp3) is 0.617. The maximum Gasteiger partial charge on any atom is 0.422 e. The number of amides is 16. The summed E-state index contributed by atoms with van der Waals surface area (Å²) in [5.41, 5.74) is 11.8. The molecule has 5 aliphatic heterocycles. The number of primary amides is 1. The predicted octanol–water partition coefficient (Wildman–Crippen LogP) is -1.32. The van der Waals surface area contributed by atoms with E-state index in [-0.39, 0.29) is 132 Å². The van der Waals surface area contributed by atoms with Gasteiger partial charge >= 0.3 is 34.2 Å². The van der Waals surface area contributed by atoms with Crippen molar-refractivity contribution in [2.75, 3.05) is 54.1 Å². The number of ether oxygens (including phenoxy) is 3. The summed E-state index contributed by atoms with van der Waals surface area (Å²) in [4.78, 5) is 230. The molecule has 0 unspecified atom stereocenters. The number of carbonyl (C=O) groups excluding carboxylic acids is 18. The van der Waals surface area contributed by atoms with Crippen LogP contribution in [0.3, 0.4) is 0 Å². The Bertz CT molecular complexity index is 5620. The summed E-state index contributed by atoms with van der Waals surface area (Å²) in [5.74, 6) is -7.70. The van der Waals surface area contributed by atoms with Gasteiger partial charge in [-0.15, -0.1) is 16.5 Å². The number of piperidine rings is 5. The number of methoxy groups -OCH3 is 3. The van der Waals surface area contributed by atoms with Crippen molar-refractivity contribution in [1.82, 2.24) is 129 Å². The van der Waals surface area contributed by atoms with Crippen LogP contribution in [0.5, 0.6) is 0 Å². The smallest absolute Gasteiger partial charge is 0.422 e. The average molecular weight is 2140 g/mol. The molecule has 818 valence electrons. The van der Waals surface area contributed by atoms with Crippen molar-refractivity contribution in [3.63, 3.8) is 0 Å². The van der Waals surface area contributed by atoms with Gasteiger partial charge in [-0.3, -0.25) is 92.3 Å². The maximum atomic E-state index is 13.0. The topological polar surface area (TPSA) is 819 Å². The summed E-state index contributed by atoms with van der Waals surface area (Å²) >= 11 is 0. The molecule has 5 saturated carbocycles. The Kier molecular flexibility index (Phi) is 46.8. The van der Waals surface area contributed by atoms with E-state index in [1.54, 1.807) is 4.72 Å². The Labute approximate surface area is 869 Å². The molecule has 0 radical (unpaired) electrons. The number of aromatic amines is 4. The van der Waals surface area contributed by atoms with Crippen LogP contribution in [0.4, 0.5) is 4.79 Å². The fourth-order valence-corrected chi connectivity index (χ4v) is 18.1. The molecule has 5 saturated heterocycles. The first-order valence-corrected chi connectivity index (χ1v) is 51.4. The SMILES string of the molecule is COC(=O)NS(=O)(=O)n1nccc1C(=O)N[C@@H](CC1CC1)C(=O)N[C@H](C#N)C[C@@H]1CCCNC1=O.COC(=O)[C@H](C[C@@H]1CCCNC1=O)NC(=O)[C@@H](N)CC1CC1.COC(=O)[C@H](C[C@@H]1CCCNC1=O)NC(=O)[C@H](CC1CC1)NC(=O)c1ccn[nH]1.Cl.N#C[C@H](C[C@@H]1CCCNC1=O)NC(=O)[C@H](CC1CC1)NC(=O)c1ccn[nH]1.NC(=O)[C@H](C[C@@H]1CCCNC1=O)NC(=O)[C@H](CC1CC1)NC(=O)c1ccn[nH]1.O=C(O)c1ccn[nH]1. The molecule has 10 fully saturated rings. The van der Waals surface area contributed by atoms with Crippen molar-refractivity contribution in [3.05, 3.63) is 89.8 Å². The second kappa shape index (κ2) is 59.2. The van der Waals surface area contributed by atoms with E-state index in [0.29, 0.717) is 125 Å². The minimum absolute atomic E-state index is 0. The molecule has 54 nitrogen and oxygen atoms in total. The maximum absolute atomic E-state index is 13.0. The third-order valence-electron chi connectivity index (χ3n) is 26.4. The quantitative estimate of drug-likeness (QED) is 0.0159. The molecule has 16 amide bonds. The van der Waals surface area contributed by atoms with Crippen LogP contribution in [0.1, 0.15) is 245 Å². The van der Waals surface area contributed by atoms with E-state index < -0.39 is 159 Å². The van der Waals surface area contributed by atoms with Crippen LogP contribution in [0, 0.1) is 81.8 Å². The molecule has 5 aromatic heterocycles. The van der Waals surface area contributed by atoms with Crippen molar-refractivity contribution in [2.24, 2.45) is 70.6 Å². The summed E-state index contributed by atoms with van der Waals surface area (Å²) < 4.78 is 40.4. The Morgan fingerprint density at radius 2 is 0.680 bits per heavy atom. The van der Waals surface area contributed by atoms with Crippen molar-refractivity contribution in [1.29, 1.82) is 10.5 Å². The lowest BCUT2D eigenvalue weighted by atomic mass is 9.91. The van der Waals surface area contributed by atoms with E-state index in [9.17, 15) is 110 Å². The monoisotopic (exact) mass is 2140 g/mol. The van der Waals surface area contributed by atoms with Gasteiger partial charge in [0.15, 0.2) is 0 Å². The summed E-state index contributed by atoms with van der Waals surface area (Å²) in [6.07, 6.45) is 26.5. The molecule has 150 heavy (non-hydrogen) atoms. The molecule has 10 heterocycles. The summed E-state index contributed by atoms with van der Waals surface area (Å²) in [6.45, 7) is 3.13. The number of carboxylic acids is 1. The third kappa shape index (κ3) is 39.5. The molecule has 10 aliphatic rings. The number of nitrogens with one attached hydrogen (secondary N) is 19. The van der Waals surface area contributed by atoms with Gasteiger partial charge in [0.25, 0.3) is 23.6 Å². The number of aromatic carboxylic acids is 1. The zero-order valence-electron chi connectivity index (χ0n) is 83.4.